The normalized spacial score (nSPS) is 11.5. The summed E-state index contributed by atoms with van der Waals surface area (Å²) in [6.45, 7) is 3.62. The largest absolute Gasteiger partial charge is 0.481 e. The number of carboxylic acid groups (broad SMARTS) is 3. The van der Waals surface area contributed by atoms with Gasteiger partial charge in [0.15, 0.2) is 5.60 Å². The van der Waals surface area contributed by atoms with Crippen molar-refractivity contribution in [3.05, 3.63) is 0 Å². The highest BCUT2D eigenvalue weighted by molar-refractivity contribution is 5.88. The first-order valence-electron chi connectivity index (χ1n) is 11.5. The van der Waals surface area contributed by atoms with Crippen molar-refractivity contribution in [3.63, 3.8) is 0 Å². The van der Waals surface area contributed by atoms with Crippen LogP contribution in [0, 0.1) is 0 Å². The molecule has 0 unspecified atom stereocenters. The number of hydrogen-bond donors (Lipinski definition) is 4. The molecular weight excluding hydrogens is 402 g/mol. The van der Waals surface area contributed by atoms with Gasteiger partial charge in [-0.25, -0.2) is 4.79 Å². The van der Waals surface area contributed by atoms with Crippen molar-refractivity contribution in [2.24, 2.45) is 0 Å². The summed E-state index contributed by atoms with van der Waals surface area (Å²) in [5, 5.41) is 33.8. The first-order valence-corrected chi connectivity index (χ1v) is 11.5. The predicted octanol–water partition coefficient (Wildman–Crippen LogP) is 4.15. The fraction of sp³-hybridized carbons (Fsp3) is 0.870. The van der Waals surface area contributed by atoms with E-state index in [9.17, 15) is 14.4 Å². The molecule has 0 heterocycles. The summed E-state index contributed by atoms with van der Waals surface area (Å²) in [5.74, 6) is -5.02. The fourth-order valence-electron chi connectivity index (χ4n) is 3.14. The molecule has 4 N–H and O–H groups in total. The molecule has 0 aliphatic rings. The Kier molecular flexibility index (Phi) is 18.3. The highest BCUT2D eigenvalue weighted by Gasteiger charge is 2.40. The smallest absolute Gasteiger partial charge is 0.336 e. The number of nitrogens with zero attached hydrogens (tertiary/aromatic N) is 1. The van der Waals surface area contributed by atoms with Gasteiger partial charge in [0.25, 0.3) is 0 Å². The zero-order valence-electron chi connectivity index (χ0n) is 20.1. The average Bonchev–Trinajstić information content (AvgIpc) is 2.61. The van der Waals surface area contributed by atoms with E-state index in [1.165, 1.54) is 83.6 Å². The summed E-state index contributed by atoms with van der Waals surface area (Å²) >= 11 is 0. The van der Waals surface area contributed by atoms with E-state index in [4.69, 9.17) is 20.4 Å². The van der Waals surface area contributed by atoms with Gasteiger partial charge >= 0.3 is 17.9 Å². The van der Waals surface area contributed by atoms with E-state index in [1.807, 2.05) is 0 Å². The Morgan fingerprint density at radius 2 is 0.968 bits per heavy atom. The van der Waals surface area contributed by atoms with E-state index < -0.39 is 36.4 Å². The van der Waals surface area contributed by atoms with Crippen LogP contribution in [0.5, 0.6) is 0 Å². The lowest BCUT2D eigenvalue weighted by molar-refractivity contribution is -0.870. The second-order valence-corrected chi connectivity index (χ2v) is 9.38. The molecule has 8 heteroatoms. The maximum Gasteiger partial charge on any atom is 0.336 e. The molecule has 0 saturated carbocycles. The van der Waals surface area contributed by atoms with Gasteiger partial charge in [-0.05, 0) is 12.8 Å². The summed E-state index contributed by atoms with van der Waals surface area (Å²) in [6, 6.07) is 0. The zero-order chi connectivity index (χ0) is 24.3. The third-order valence-corrected chi connectivity index (χ3v) is 4.97. The molecular formula is C23H46NO7+. The number of rotatable bonds is 18. The van der Waals surface area contributed by atoms with Crippen LogP contribution in [0.2, 0.25) is 0 Å². The molecule has 0 atom stereocenters. The Bertz CT molecular complexity index is 485. The van der Waals surface area contributed by atoms with Gasteiger partial charge < -0.3 is 24.9 Å². The molecule has 8 nitrogen and oxygen atoms in total. The molecule has 0 aromatic carbocycles. The van der Waals surface area contributed by atoms with E-state index in [2.05, 4.69) is 28.1 Å². The van der Waals surface area contributed by atoms with Crippen molar-refractivity contribution in [1.29, 1.82) is 0 Å². The maximum atomic E-state index is 10.3. The monoisotopic (exact) mass is 448 g/mol. The van der Waals surface area contributed by atoms with E-state index >= 15 is 0 Å². The number of carboxylic acids is 3. The number of aliphatic carboxylic acids is 3. The Balaban J connectivity index is 0. The van der Waals surface area contributed by atoms with Crippen LogP contribution in [0.4, 0.5) is 0 Å². The number of unbranched alkanes of at least 4 members (excludes halogenated alkanes) is 11. The van der Waals surface area contributed by atoms with Gasteiger partial charge in [-0.2, -0.15) is 0 Å². The zero-order valence-corrected chi connectivity index (χ0v) is 20.1. The van der Waals surface area contributed by atoms with Gasteiger partial charge in [0.2, 0.25) is 0 Å². The standard InChI is InChI=1S/C17H38N.C6H8O7/c1-5-6-7-8-9-10-11-12-13-14-15-16-17-18(2,3)4;7-3(8)1-6(13,5(11)12)2-4(9)10/h5-17H2,1-4H3;13H,1-2H2,(H,7,8)(H,9,10)(H,11,12)/q+1;. The SMILES string of the molecule is CCCCCCCCCCCCCC[N+](C)(C)C.O=C(O)CC(O)(CC(=O)O)C(=O)O. The lowest BCUT2D eigenvalue weighted by Crippen LogP contribution is -2.42. The summed E-state index contributed by atoms with van der Waals surface area (Å²) < 4.78 is 1.12. The van der Waals surface area contributed by atoms with Crippen molar-refractivity contribution in [2.45, 2.75) is 102 Å². The number of hydrogen-bond acceptors (Lipinski definition) is 4. The van der Waals surface area contributed by atoms with E-state index in [-0.39, 0.29) is 0 Å². The molecule has 184 valence electrons. The quantitative estimate of drug-likeness (QED) is 0.183. The summed E-state index contributed by atoms with van der Waals surface area (Å²) in [7, 11) is 6.87. The lowest BCUT2D eigenvalue weighted by atomic mass is 9.96. The van der Waals surface area contributed by atoms with Crippen molar-refractivity contribution in [3.8, 4) is 0 Å². The summed E-state index contributed by atoms with van der Waals surface area (Å²) in [4.78, 5) is 30.5. The van der Waals surface area contributed by atoms with Crippen LogP contribution in [0.1, 0.15) is 96.8 Å². The number of aliphatic hydroxyl groups is 1. The average molecular weight is 449 g/mol. The van der Waals surface area contributed by atoms with Crippen molar-refractivity contribution >= 4 is 17.9 Å². The third kappa shape index (κ3) is 22.8. The predicted molar refractivity (Wildman–Crippen MR) is 121 cm³/mol. The van der Waals surface area contributed by atoms with Gasteiger partial charge in [-0.3, -0.25) is 9.59 Å². The van der Waals surface area contributed by atoms with Crippen molar-refractivity contribution in [2.75, 3.05) is 27.7 Å². The molecule has 0 aromatic rings. The minimum atomic E-state index is -2.74. The Labute approximate surface area is 187 Å². The van der Waals surface area contributed by atoms with Gasteiger partial charge in [-0.15, -0.1) is 0 Å². The second-order valence-electron chi connectivity index (χ2n) is 9.38. The minimum absolute atomic E-state index is 1.12. The summed E-state index contributed by atoms with van der Waals surface area (Å²) in [6.07, 6.45) is 15.1. The molecule has 0 aliphatic heterocycles. The highest BCUT2D eigenvalue weighted by Crippen LogP contribution is 2.16. The molecule has 0 aliphatic carbocycles. The van der Waals surface area contributed by atoms with Crippen LogP contribution in [-0.2, 0) is 14.4 Å². The highest BCUT2D eigenvalue weighted by atomic mass is 16.4. The molecule has 0 bridgehead atoms. The molecule has 0 saturated heterocycles. The first-order chi connectivity index (χ1) is 14.3. The van der Waals surface area contributed by atoms with Gasteiger partial charge in [0.05, 0.1) is 40.5 Å². The Hall–Kier alpha value is -1.67. The molecule has 0 rings (SSSR count). The van der Waals surface area contributed by atoms with Crippen LogP contribution < -0.4 is 0 Å². The molecule has 0 amide bonds. The first kappa shape index (κ1) is 31.5. The van der Waals surface area contributed by atoms with E-state index in [0.717, 1.165) is 4.48 Å². The van der Waals surface area contributed by atoms with Gasteiger partial charge in [0, 0.05) is 0 Å². The van der Waals surface area contributed by atoms with Crippen LogP contribution in [0.3, 0.4) is 0 Å². The third-order valence-electron chi connectivity index (χ3n) is 4.97. The molecule has 0 spiro atoms. The van der Waals surface area contributed by atoms with E-state index in [1.54, 1.807) is 0 Å². The number of carbonyl (C=O) groups is 3. The van der Waals surface area contributed by atoms with Crippen LogP contribution >= 0.6 is 0 Å². The molecule has 0 aromatic heterocycles. The number of quaternary nitrogens is 1. The van der Waals surface area contributed by atoms with Crippen molar-refractivity contribution < 1.29 is 39.3 Å². The van der Waals surface area contributed by atoms with E-state index in [0.29, 0.717) is 0 Å². The topological polar surface area (TPSA) is 132 Å². The second kappa shape index (κ2) is 18.0. The van der Waals surface area contributed by atoms with Gasteiger partial charge in [-0.1, -0.05) is 71.1 Å². The van der Waals surface area contributed by atoms with Crippen LogP contribution in [0.25, 0.3) is 0 Å². The molecule has 0 radical (unpaired) electrons. The van der Waals surface area contributed by atoms with Gasteiger partial charge in [0.1, 0.15) is 0 Å². The van der Waals surface area contributed by atoms with Crippen LogP contribution in [0.15, 0.2) is 0 Å². The maximum absolute atomic E-state index is 10.3. The molecule has 31 heavy (non-hydrogen) atoms. The molecule has 0 fully saturated rings. The fourth-order valence-corrected chi connectivity index (χ4v) is 3.14. The lowest BCUT2D eigenvalue weighted by Gasteiger charge is -2.23. The Morgan fingerprint density at radius 1 is 0.645 bits per heavy atom. The Morgan fingerprint density at radius 3 is 1.23 bits per heavy atom. The summed E-state index contributed by atoms with van der Waals surface area (Å²) in [5.41, 5.74) is -2.74. The van der Waals surface area contributed by atoms with Crippen LogP contribution in [-0.4, -0.2) is 76.1 Å². The minimum Gasteiger partial charge on any atom is -0.481 e. The van der Waals surface area contributed by atoms with Crippen molar-refractivity contribution in [1.82, 2.24) is 0 Å².